The molecule has 6 nitrogen and oxygen atoms in total. The van der Waals surface area contributed by atoms with Crippen molar-refractivity contribution in [3.8, 4) is 0 Å². The summed E-state index contributed by atoms with van der Waals surface area (Å²) in [6.45, 7) is 12.0. The van der Waals surface area contributed by atoms with Gasteiger partial charge in [-0.1, -0.05) is 0 Å². The van der Waals surface area contributed by atoms with Crippen molar-refractivity contribution in [2.45, 2.75) is 95.9 Å². The zero-order valence-electron chi connectivity index (χ0n) is 19.5. The van der Waals surface area contributed by atoms with Gasteiger partial charge in [0.15, 0.2) is 0 Å². The summed E-state index contributed by atoms with van der Waals surface area (Å²) in [7, 11) is -0.981. The number of aliphatic hydroxyl groups is 2. The molecule has 1 aromatic heterocycles. The van der Waals surface area contributed by atoms with Gasteiger partial charge in [0.05, 0.1) is 33.4 Å². The quantitative estimate of drug-likeness (QED) is 0.693. The van der Waals surface area contributed by atoms with Crippen LogP contribution in [-0.4, -0.2) is 43.7 Å². The van der Waals surface area contributed by atoms with Crippen LogP contribution in [0.3, 0.4) is 0 Å². The number of aromatic nitrogens is 2. The highest BCUT2D eigenvalue weighted by Gasteiger charge is 2.52. The molecule has 1 aliphatic heterocycles. The minimum absolute atomic E-state index is 0.101. The maximum absolute atomic E-state index is 14.3. The van der Waals surface area contributed by atoms with Crippen LogP contribution in [0.4, 0.5) is 13.2 Å². The fourth-order valence-electron chi connectivity index (χ4n) is 4.51. The van der Waals surface area contributed by atoms with Crippen LogP contribution in [0.25, 0.3) is 11.0 Å². The fraction of sp³-hybridized carbons (Fsp3) is 0.682. The summed E-state index contributed by atoms with van der Waals surface area (Å²) in [5, 5.41) is 20.9. The number of halogens is 3. The van der Waals surface area contributed by atoms with Gasteiger partial charge < -0.3 is 24.1 Å². The molecule has 0 bridgehead atoms. The van der Waals surface area contributed by atoms with Crippen LogP contribution in [0, 0.1) is 0 Å². The first-order chi connectivity index (χ1) is 14.3. The monoisotopic (exact) mass is 454 g/mol. The Hall–Kier alpha value is -1.62. The molecule has 0 amide bonds. The van der Waals surface area contributed by atoms with E-state index in [0.717, 1.165) is 6.07 Å². The van der Waals surface area contributed by atoms with E-state index in [2.05, 4.69) is 4.98 Å². The van der Waals surface area contributed by atoms with Gasteiger partial charge in [-0.2, -0.15) is 13.2 Å². The van der Waals surface area contributed by atoms with E-state index >= 15 is 0 Å². The second-order valence-electron chi connectivity index (χ2n) is 10.9. The highest BCUT2D eigenvalue weighted by Crippen LogP contribution is 2.46. The Labute approximate surface area is 185 Å². The summed E-state index contributed by atoms with van der Waals surface area (Å²) in [4.78, 5) is 4.43. The molecule has 1 aromatic carbocycles. The minimum atomic E-state index is -4.67. The number of hydrogen-bond acceptors (Lipinski definition) is 5. The number of benzene rings is 1. The van der Waals surface area contributed by atoms with Crippen molar-refractivity contribution in [3.63, 3.8) is 0 Å². The average molecular weight is 454 g/mol. The molecule has 0 unspecified atom stereocenters. The molecule has 4 rings (SSSR count). The molecule has 1 saturated heterocycles. The van der Waals surface area contributed by atoms with Gasteiger partial charge in [0.1, 0.15) is 11.4 Å². The normalized spacial score (nSPS) is 27.8. The molecule has 2 fully saturated rings. The Balaban J connectivity index is 1.94. The van der Waals surface area contributed by atoms with Crippen LogP contribution < -0.4 is 5.46 Å². The van der Waals surface area contributed by atoms with E-state index in [-0.39, 0.29) is 35.2 Å². The molecule has 2 heterocycles. The summed E-state index contributed by atoms with van der Waals surface area (Å²) >= 11 is 0. The number of alkyl halides is 3. The Bertz CT molecular complexity index is 1050. The van der Waals surface area contributed by atoms with Crippen molar-refractivity contribution in [3.05, 3.63) is 23.5 Å². The summed E-state index contributed by atoms with van der Waals surface area (Å²) in [6, 6.07) is 2.18. The third-order valence-corrected chi connectivity index (χ3v) is 6.90. The predicted octanol–water partition coefficient (Wildman–Crippen LogP) is 3.67. The lowest BCUT2D eigenvalue weighted by Gasteiger charge is -2.43. The van der Waals surface area contributed by atoms with Gasteiger partial charge in [-0.3, -0.25) is 0 Å². The van der Waals surface area contributed by atoms with E-state index in [0.29, 0.717) is 0 Å². The molecular formula is C22H30BF3N2O4. The molecule has 2 N–H and O–H groups in total. The second-order valence-corrected chi connectivity index (χ2v) is 10.9. The SMILES string of the molecule is CC1(O)CC(n2c(C(C)(C)O)nc3cc(B4OC(C)(C)C(C)(C)O4)cc(C(F)(F)F)c32)C1. The molecule has 0 radical (unpaired) electrons. The smallest absolute Gasteiger partial charge is 0.399 e. The molecule has 176 valence electrons. The topological polar surface area (TPSA) is 76.7 Å². The van der Waals surface area contributed by atoms with Crippen LogP contribution in [0.2, 0.25) is 0 Å². The van der Waals surface area contributed by atoms with E-state index < -0.39 is 47.3 Å². The van der Waals surface area contributed by atoms with Gasteiger partial charge in [-0.15, -0.1) is 0 Å². The maximum Gasteiger partial charge on any atom is 0.494 e. The Morgan fingerprint density at radius 1 is 1.06 bits per heavy atom. The van der Waals surface area contributed by atoms with Gasteiger partial charge in [-0.05, 0) is 78.9 Å². The first-order valence-corrected chi connectivity index (χ1v) is 10.8. The predicted molar refractivity (Wildman–Crippen MR) is 115 cm³/mol. The van der Waals surface area contributed by atoms with E-state index in [1.807, 2.05) is 27.7 Å². The van der Waals surface area contributed by atoms with Crippen LogP contribution in [0.5, 0.6) is 0 Å². The standard InChI is InChI=1S/C22H30BF3N2O4/c1-18(2,29)17-27-15-9-12(23-31-19(3,4)20(5,6)32-23)8-14(22(24,25)26)16(15)28(17)13-10-21(7,30)11-13/h8-9,13,29-30H,10-11H2,1-7H3. The van der Waals surface area contributed by atoms with Crippen LogP contribution in [0.15, 0.2) is 12.1 Å². The number of fused-ring (bicyclic) bond motifs is 1. The highest BCUT2D eigenvalue weighted by molar-refractivity contribution is 6.62. The minimum Gasteiger partial charge on any atom is -0.399 e. The van der Waals surface area contributed by atoms with E-state index in [9.17, 15) is 23.4 Å². The summed E-state index contributed by atoms with van der Waals surface area (Å²) in [6.07, 6.45) is -4.12. The number of rotatable bonds is 3. The number of nitrogens with zero attached hydrogens (tertiary/aromatic N) is 2. The average Bonchev–Trinajstić information content (AvgIpc) is 3.05. The number of imidazole rings is 1. The molecule has 0 atom stereocenters. The Morgan fingerprint density at radius 2 is 1.59 bits per heavy atom. The van der Waals surface area contributed by atoms with Crippen LogP contribution in [-0.2, 0) is 21.1 Å². The van der Waals surface area contributed by atoms with Gasteiger partial charge in [0.25, 0.3) is 0 Å². The lowest BCUT2D eigenvalue weighted by molar-refractivity contribution is -0.136. The molecule has 10 heteroatoms. The maximum atomic E-state index is 14.3. The Kier molecular flexibility index (Phi) is 4.94. The molecule has 2 aromatic rings. The van der Waals surface area contributed by atoms with E-state index in [4.69, 9.17) is 9.31 Å². The molecule has 0 spiro atoms. The molecule has 1 aliphatic carbocycles. The van der Waals surface area contributed by atoms with E-state index in [1.54, 1.807) is 6.92 Å². The van der Waals surface area contributed by atoms with Gasteiger partial charge >= 0.3 is 13.3 Å². The molecule has 1 saturated carbocycles. The van der Waals surface area contributed by atoms with E-state index in [1.165, 1.54) is 24.5 Å². The molecule has 32 heavy (non-hydrogen) atoms. The van der Waals surface area contributed by atoms with Crippen molar-refractivity contribution >= 4 is 23.6 Å². The summed E-state index contributed by atoms with van der Waals surface area (Å²) in [5.41, 5.74) is -4.50. The highest BCUT2D eigenvalue weighted by atomic mass is 19.4. The zero-order chi connectivity index (χ0) is 24.1. The largest absolute Gasteiger partial charge is 0.494 e. The molecular weight excluding hydrogens is 424 g/mol. The van der Waals surface area contributed by atoms with Crippen LogP contribution in [0.1, 0.15) is 78.7 Å². The lowest BCUT2D eigenvalue weighted by atomic mass is 9.76. The Morgan fingerprint density at radius 3 is 2.03 bits per heavy atom. The lowest BCUT2D eigenvalue weighted by Crippen LogP contribution is -2.43. The third kappa shape index (κ3) is 3.75. The first-order valence-electron chi connectivity index (χ1n) is 10.8. The fourth-order valence-corrected chi connectivity index (χ4v) is 4.51. The van der Waals surface area contributed by atoms with Gasteiger partial charge in [-0.25, -0.2) is 4.98 Å². The second kappa shape index (κ2) is 6.71. The zero-order valence-corrected chi connectivity index (χ0v) is 19.5. The van der Waals surface area contributed by atoms with Crippen molar-refractivity contribution in [1.29, 1.82) is 0 Å². The first kappa shape index (κ1) is 23.5. The molecule has 2 aliphatic rings. The van der Waals surface area contributed by atoms with Crippen molar-refractivity contribution < 1.29 is 32.7 Å². The van der Waals surface area contributed by atoms with Gasteiger partial charge in [0, 0.05) is 6.04 Å². The van der Waals surface area contributed by atoms with Crippen molar-refractivity contribution in [2.24, 2.45) is 0 Å². The number of hydrogen-bond donors (Lipinski definition) is 2. The van der Waals surface area contributed by atoms with Gasteiger partial charge in [0.2, 0.25) is 0 Å². The van der Waals surface area contributed by atoms with Crippen molar-refractivity contribution in [2.75, 3.05) is 0 Å². The van der Waals surface area contributed by atoms with Crippen LogP contribution >= 0.6 is 0 Å². The van der Waals surface area contributed by atoms with Crippen molar-refractivity contribution in [1.82, 2.24) is 9.55 Å². The third-order valence-electron chi connectivity index (χ3n) is 6.90. The summed E-state index contributed by atoms with van der Waals surface area (Å²) < 4.78 is 56.2. The summed E-state index contributed by atoms with van der Waals surface area (Å²) in [5.74, 6) is 0.129.